The summed E-state index contributed by atoms with van der Waals surface area (Å²) in [4.78, 5) is 14.2. The second kappa shape index (κ2) is 7.19. The summed E-state index contributed by atoms with van der Waals surface area (Å²) >= 11 is 0. The molecule has 2 aliphatic heterocycles. The molecule has 1 amide bonds. The number of benzene rings is 1. The Labute approximate surface area is 135 Å². The smallest absolute Gasteiger partial charge is 0.223 e. The normalized spacial score (nSPS) is 23.1. The van der Waals surface area contributed by atoms with Gasteiger partial charge in [0.25, 0.3) is 0 Å². The molecule has 2 heterocycles. The van der Waals surface area contributed by atoms with Gasteiger partial charge in [-0.2, -0.15) is 0 Å². The van der Waals surface area contributed by atoms with Crippen LogP contribution in [0.25, 0.3) is 0 Å². The molecule has 1 N–H and O–H groups in total. The van der Waals surface area contributed by atoms with Crippen LogP contribution in [0, 0.1) is 0 Å². The Balaban J connectivity index is 1.58. The number of amides is 1. The van der Waals surface area contributed by atoms with Crippen LogP contribution in [0.15, 0.2) is 18.2 Å². The number of fused-ring (bicyclic) bond motifs is 1. The number of hydrogen-bond donors (Lipinski definition) is 1. The third-order valence-corrected chi connectivity index (χ3v) is 4.47. The molecule has 0 radical (unpaired) electrons. The van der Waals surface area contributed by atoms with Gasteiger partial charge >= 0.3 is 0 Å². The Morgan fingerprint density at radius 3 is 2.87 bits per heavy atom. The van der Waals surface area contributed by atoms with Crippen molar-refractivity contribution in [2.45, 2.75) is 31.4 Å². The average molecular weight is 321 g/mol. The highest BCUT2D eigenvalue weighted by atomic mass is 16.6. The van der Waals surface area contributed by atoms with Crippen molar-refractivity contribution >= 4 is 5.91 Å². The predicted octanol–water partition coefficient (Wildman–Crippen LogP) is 0.999. The molecular weight excluding hydrogens is 298 g/mol. The number of carbonyl (C=O) groups excluding carboxylic acids is 1. The Morgan fingerprint density at radius 2 is 2.13 bits per heavy atom. The zero-order chi connectivity index (χ0) is 16.2. The van der Waals surface area contributed by atoms with Gasteiger partial charge in [-0.3, -0.25) is 4.79 Å². The van der Waals surface area contributed by atoms with Crippen molar-refractivity contribution in [2.24, 2.45) is 0 Å². The summed E-state index contributed by atoms with van der Waals surface area (Å²) in [6, 6.07) is 5.66. The summed E-state index contributed by atoms with van der Waals surface area (Å²) in [6.45, 7) is 1.67. The van der Waals surface area contributed by atoms with Gasteiger partial charge in [0.2, 0.25) is 5.91 Å². The number of ether oxygens (including phenoxy) is 3. The second-order valence-corrected chi connectivity index (χ2v) is 5.95. The van der Waals surface area contributed by atoms with E-state index in [9.17, 15) is 9.90 Å². The van der Waals surface area contributed by atoms with Gasteiger partial charge in [0.05, 0.1) is 18.8 Å². The zero-order valence-corrected chi connectivity index (χ0v) is 13.4. The van der Waals surface area contributed by atoms with E-state index in [0.29, 0.717) is 39.0 Å². The van der Waals surface area contributed by atoms with Crippen LogP contribution in [0.3, 0.4) is 0 Å². The topological polar surface area (TPSA) is 68.2 Å². The maximum absolute atomic E-state index is 12.4. The summed E-state index contributed by atoms with van der Waals surface area (Å²) < 4.78 is 16.4. The standard InChI is InChI=1S/C17H23NO5/c1-21-14-9-13(11-19)18(10-14)17(20)5-3-12-2-4-15-16(8-12)23-7-6-22-15/h2,4,8,13-14,19H,3,5-7,9-11H2,1H3/t13-,14+/m0/s1. The molecule has 3 rings (SSSR count). The van der Waals surface area contributed by atoms with Crippen LogP contribution in [0.4, 0.5) is 0 Å². The van der Waals surface area contributed by atoms with Crippen molar-refractivity contribution in [2.75, 3.05) is 33.5 Å². The molecule has 0 saturated carbocycles. The molecule has 1 saturated heterocycles. The second-order valence-electron chi connectivity index (χ2n) is 5.95. The zero-order valence-electron chi connectivity index (χ0n) is 13.4. The maximum Gasteiger partial charge on any atom is 0.223 e. The largest absolute Gasteiger partial charge is 0.486 e. The molecule has 126 valence electrons. The van der Waals surface area contributed by atoms with Crippen LogP contribution < -0.4 is 9.47 Å². The monoisotopic (exact) mass is 321 g/mol. The molecule has 2 aliphatic rings. The fourth-order valence-electron chi connectivity index (χ4n) is 3.16. The van der Waals surface area contributed by atoms with Crippen LogP contribution >= 0.6 is 0 Å². The van der Waals surface area contributed by atoms with Gasteiger partial charge in [0.15, 0.2) is 11.5 Å². The first-order valence-corrected chi connectivity index (χ1v) is 8.03. The highest BCUT2D eigenvalue weighted by molar-refractivity contribution is 5.77. The summed E-state index contributed by atoms with van der Waals surface area (Å²) in [5.74, 6) is 1.56. The lowest BCUT2D eigenvalue weighted by molar-refractivity contribution is -0.133. The first-order chi connectivity index (χ1) is 11.2. The van der Waals surface area contributed by atoms with E-state index in [1.54, 1.807) is 12.0 Å². The number of nitrogens with zero attached hydrogens (tertiary/aromatic N) is 1. The van der Waals surface area contributed by atoms with E-state index in [1.165, 1.54) is 0 Å². The first kappa shape index (κ1) is 16.1. The number of likely N-dealkylation sites (tertiary alicyclic amines) is 1. The van der Waals surface area contributed by atoms with E-state index in [2.05, 4.69) is 0 Å². The molecule has 6 heteroatoms. The summed E-state index contributed by atoms with van der Waals surface area (Å²) in [5.41, 5.74) is 1.05. The van der Waals surface area contributed by atoms with Crippen LogP contribution in [-0.4, -0.2) is 61.5 Å². The molecule has 1 aromatic carbocycles. The molecular formula is C17H23NO5. The van der Waals surface area contributed by atoms with Gasteiger partial charge in [-0.05, 0) is 30.5 Å². The van der Waals surface area contributed by atoms with Crippen molar-refractivity contribution < 1.29 is 24.1 Å². The summed E-state index contributed by atoms with van der Waals surface area (Å²) in [6.07, 6.45) is 1.77. The van der Waals surface area contributed by atoms with Crippen molar-refractivity contribution in [3.63, 3.8) is 0 Å². The number of rotatable bonds is 5. The number of aliphatic hydroxyl groups is 1. The molecule has 0 aromatic heterocycles. The lowest BCUT2D eigenvalue weighted by atomic mass is 10.1. The Bertz CT molecular complexity index is 562. The minimum absolute atomic E-state index is 0.0182. The lowest BCUT2D eigenvalue weighted by Crippen LogP contribution is -2.38. The molecule has 6 nitrogen and oxygen atoms in total. The fourth-order valence-corrected chi connectivity index (χ4v) is 3.16. The van der Waals surface area contributed by atoms with Gasteiger partial charge in [-0.15, -0.1) is 0 Å². The number of methoxy groups -OCH3 is 1. The predicted molar refractivity (Wildman–Crippen MR) is 83.8 cm³/mol. The van der Waals surface area contributed by atoms with Crippen molar-refractivity contribution in [1.82, 2.24) is 4.90 Å². The Morgan fingerprint density at radius 1 is 1.35 bits per heavy atom. The number of carbonyl (C=O) groups is 1. The molecule has 0 bridgehead atoms. The van der Waals surface area contributed by atoms with Crippen LogP contribution in [-0.2, 0) is 16.0 Å². The number of aliphatic hydroxyl groups excluding tert-OH is 1. The Kier molecular flexibility index (Phi) is 5.03. The minimum atomic E-state index is -0.132. The van der Waals surface area contributed by atoms with Crippen molar-refractivity contribution in [1.29, 1.82) is 0 Å². The number of hydrogen-bond acceptors (Lipinski definition) is 5. The minimum Gasteiger partial charge on any atom is -0.486 e. The molecule has 0 spiro atoms. The van der Waals surface area contributed by atoms with E-state index in [-0.39, 0.29) is 24.7 Å². The van der Waals surface area contributed by atoms with Gasteiger partial charge in [0, 0.05) is 20.1 Å². The van der Waals surface area contributed by atoms with Crippen molar-refractivity contribution in [3.8, 4) is 11.5 Å². The molecule has 1 aromatic rings. The molecule has 23 heavy (non-hydrogen) atoms. The lowest BCUT2D eigenvalue weighted by Gasteiger charge is -2.23. The molecule has 1 fully saturated rings. The quantitative estimate of drug-likeness (QED) is 0.876. The van der Waals surface area contributed by atoms with Gasteiger partial charge in [0.1, 0.15) is 13.2 Å². The van der Waals surface area contributed by atoms with Crippen LogP contribution in [0.5, 0.6) is 11.5 Å². The van der Waals surface area contributed by atoms with Crippen LogP contribution in [0.1, 0.15) is 18.4 Å². The maximum atomic E-state index is 12.4. The van der Waals surface area contributed by atoms with E-state index < -0.39 is 0 Å². The molecule has 0 unspecified atom stereocenters. The summed E-state index contributed by atoms with van der Waals surface area (Å²) in [7, 11) is 1.64. The van der Waals surface area contributed by atoms with E-state index >= 15 is 0 Å². The fraction of sp³-hybridized carbons (Fsp3) is 0.588. The van der Waals surface area contributed by atoms with E-state index in [4.69, 9.17) is 14.2 Å². The van der Waals surface area contributed by atoms with Crippen LogP contribution in [0.2, 0.25) is 0 Å². The number of aryl methyl sites for hydroxylation is 1. The van der Waals surface area contributed by atoms with E-state index in [1.807, 2.05) is 18.2 Å². The average Bonchev–Trinajstić information content (AvgIpc) is 3.03. The van der Waals surface area contributed by atoms with Gasteiger partial charge in [-0.1, -0.05) is 6.07 Å². The van der Waals surface area contributed by atoms with Gasteiger partial charge in [-0.25, -0.2) is 0 Å². The highest BCUT2D eigenvalue weighted by Crippen LogP contribution is 2.31. The molecule has 2 atom stereocenters. The van der Waals surface area contributed by atoms with E-state index in [0.717, 1.165) is 17.1 Å². The third kappa shape index (κ3) is 3.59. The third-order valence-electron chi connectivity index (χ3n) is 4.47. The molecule has 0 aliphatic carbocycles. The van der Waals surface area contributed by atoms with Crippen molar-refractivity contribution in [3.05, 3.63) is 23.8 Å². The Hall–Kier alpha value is -1.79. The van der Waals surface area contributed by atoms with Gasteiger partial charge < -0.3 is 24.2 Å². The highest BCUT2D eigenvalue weighted by Gasteiger charge is 2.34. The first-order valence-electron chi connectivity index (χ1n) is 8.03. The summed E-state index contributed by atoms with van der Waals surface area (Å²) in [5, 5.41) is 9.44. The SMILES string of the molecule is CO[C@@H]1C[C@@H](CO)N(C(=O)CCc2ccc3c(c2)OCCO3)C1.